The normalized spacial score (nSPS) is 15.1. The molecule has 0 aliphatic heterocycles. The number of anilines is 1. The van der Waals surface area contributed by atoms with Crippen LogP contribution in [0.3, 0.4) is 0 Å². The number of aryl methyl sites for hydroxylation is 1. The Bertz CT molecular complexity index is 726. The van der Waals surface area contributed by atoms with Gasteiger partial charge in [-0.2, -0.15) is 0 Å². The van der Waals surface area contributed by atoms with Gasteiger partial charge in [-0.15, -0.1) is 0 Å². The summed E-state index contributed by atoms with van der Waals surface area (Å²) in [5, 5.41) is 5.55. The summed E-state index contributed by atoms with van der Waals surface area (Å²) >= 11 is 5.70. The largest absolute Gasteiger partial charge is 0.337 e. The fraction of sp³-hybridized carbons (Fsp3) is 0.278. The van der Waals surface area contributed by atoms with Crippen molar-refractivity contribution in [2.75, 3.05) is 11.9 Å². The Morgan fingerprint density at radius 3 is 2.52 bits per heavy atom. The maximum absolute atomic E-state index is 13.1. The van der Waals surface area contributed by atoms with Crippen LogP contribution in [-0.4, -0.2) is 12.6 Å². The fourth-order valence-corrected chi connectivity index (χ4v) is 2.80. The first-order valence-corrected chi connectivity index (χ1v) is 7.93. The van der Waals surface area contributed by atoms with Crippen molar-refractivity contribution in [1.82, 2.24) is 5.32 Å². The van der Waals surface area contributed by atoms with Crippen LogP contribution >= 0.6 is 11.6 Å². The van der Waals surface area contributed by atoms with Gasteiger partial charge in [0.1, 0.15) is 5.82 Å². The maximum Gasteiger partial charge on any atom is 0.319 e. The number of nitrogens with one attached hydrogen (secondary N) is 2. The molecular weight excluding hydrogens is 315 g/mol. The number of carbonyl (C=O) groups is 1. The van der Waals surface area contributed by atoms with E-state index >= 15 is 0 Å². The van der Waals surface area contributed by atoms with Gasteiger partial charge >= 0.3 is 6.03 Å². The number of amides is 2. The number of benzene rings is 2. The molecule has 2 amide bonds. The van der Waals surface area contributed by atoms with Crippen molar-refractivity contribution in [1.29, 1.82) is 0 Å². The predicted molar refractivity (Wildman–Crippen MR) is 90.5 cm³/mol. The Balaban J connectivity index is 1.58. The summed E-state index contributed by atoms with van der Waals surface area (Å²) in [6.45, 7) is 2.64. The zero-order valence-corrected chi connectivity index (χ0v) is 13.6. The van der Waals surface area contributed by atoms with Crippen LogP contribution < -0.4 is 10.6 Å². The van der Waals surface area contributed by atoms with Crippen LogP contribution in [0.4, 0.5) is 14.9 Å². The summed E-state index contributed by atoms with van der Waals surface area (Å²) in [6.07, 6.45) is 2.14. The van der Waals surface area contributed by atoms with E-state index in [1.807, 2.05) is 0 Å². The third kappa shape index (κ3) is 3.64. The van der Waals surface area contributed by atoms with Crippen molar-refractivity contribution in [3.8, 4) is 0 Å². The molecule has 0 bridgehead atoms. The second kappa shape index (κ2) is 6.20. The van der Waals surface area contributed by atoms with Crippen LogP contribution in [0.15, 0.2) is 42.5 Å². The second-order valence-corrected chi connectivity index (χ2v) is 6.49. The Kier molecular flexibility index (Phi) is 4.26. The Morgan fingerprint density at radius 2 is 1.91 bits per heavy atom. The van der Waals surface area contributed by atoms with Gasteiger partial charge in [0.05, 0.1) is 5.02 Å². The van der Waals surface area contributed by atoms with Crippen molar-refractivity contribution in [3.63, 3.8) is 0 Å². The van der Waals surface area contributed by atoms with E-state index in [0.717, 1.165) is 12.8 Å². The zero-order valence-electron chi connectivity index (χ0n) is 12.8. The number of hydrogen-bond donors (Lipinski definition) is 2. The van der Waals surface area contributed by atoms with Crippen molar-refractivity contribution >= 4 is 23.3 Å². The van der Waals surface area contributed by atoms with E-state index in [1.165, 1.54) is 29.3 Å². The van der Waals surface area contributed by atoms with Gasteiger partial charge < -0.3 is 10.6 Å². The third-order valence-electron chi connectivity index (χ3n) is 4.28. The standard InChI is InChI=1S/C18H18ClFN2O/c1-12-2-4-13(5-3-12)18(8-9-18)11-21-17(23)22-14-6-7-16(20)15(19)10-14/h2-7,10H,8-9,11H2,1H3,(H2,21,22,23). The summed E-state index contributed by atoms with van der Waals surface area (Å²) in [5.74, 6) is -0.506. The van der Waals surface area contributed by atoms with Crippen molar-refractivity contribution in [2.24, 2.45) is 0 Å². The van der Waals surface area contributed by atoms with Gasteiger partial charge in [-0.3, -0.25) is 0 Å². The van der Waals surface area contributed by atoms with E-state index in [-0.39, 0.29) is 16.5 Å². The van der Waals surface area contributed by atoms with E-state index < -0.39 is 5.82 Å². The smallest absolute Gasteiger partial charge is 0.319 e. The molecule has 1 saturated carbocycles. The molecule has 1 aliphatic carbocycles. The molecule has 2 N–H and O–H groups in total. The number of urea groups is 1. The Morgan fingerprint density at radius 1 is 1.22 bits per heavy atom. The second-order valence-electron chi connectivity index (χ2n) is 6.08. The lowest BCUT2D eigenvalue weighted by Gasteiger charge is -2.17. The lowest BCUT2D eigenvalue weighted by atomic mass is 9.95. The molecular formula is C18H18ClFN2O. The van der Waals surface area contributed by atoms with E-state index in [2.05, 4.69) is 41.8 Å². The first-order valence-electron chi connectivity index (χ1n) is 7.56. The van der Waals surface area contributed by atoms with Crippen molar-refractivity contribution in [2.45, 2.75) is 25.2 Å². The average molecular weight is 333 g/mol. The summed E-state index contributed by atoms with van der Waals surface area (Å²) in [7, 11) is 0. The van der Waals surface area contributed by atoms with Gasteiger partial charge in [0.15, 0.2) is 0 Å². The minimum atomic E-state index is -0.506. The first kappa shape index (κ1) is 15.8. The van der Waals surface area contributed by atoms with Gasteiger partial charge in [-0.25, -0.2) is 9.18 Å². The molecule has 3 nitrogen and oxygen atoms in total. The maximum atomic E-state index is 13.1. The topological polar surface area (TPSA) is 41.1 Å². The number of halogens is 2. The summed E-state index contributed by atoms with van der Waals surface area (Å²) < 4.78 is 13.1. The van der Waals surface area contributed by atoms with Crippen LogP contribution in [-0.2, 0) is 5.41 Å². The van der Waals surface area contributed by atoms with Crippen LogP contribution in [0.1, 0.15) is 24.0 Å². The lowest BCUT2D eigenvalue weighted by Crippen LogP contribution is -2.35. The first-order chi connectivity index (χ1) is 11.0. The fourth-order valence-electron chi connectivity index (χ4n) is 2.62. The molecule has 0 aromatic heterocycles. The molecule has 3 rings (SSSR count). The molecule has 2 aromatic carbocycles. The van der Waals surface area contributed by atoms with Crippen molar-refractivity contribution < 1.29 is 9.18 Å². The van der Waals surface area contributed by atoms with Crippen LogP contribution in [0.25, 0.3) is 0 Å². The molecule has 0 spiro atoms. The van der Waals surface area contributed by atoms with Gasteiger partial charge in [0, 0.05) is 17.6 Å². The minimum Gasteiger partial charge on any atom is -0.337 e. The SMILES string of the molecule is Cc1ccc(C2(CNC(=O)Nc3ccc(F)c(Cl)c3)CC2)cc1. The molecule has 23 heavy (non-hydrogen) atoms. The summed E-state index contributed by atoms with van der Waals surface area (Å²) in [5.41, 5.74) is 3.00. The summed E-state index contributed by atoms with van der Waals surface area (Å²) in [4.78, 5) is 12.0. The van der Waals surface area contributed by atoms with Crippen molar-refractivity contribution in [3.05, 3.63) is 64.4 Å². The average Bonchev–Trinajstić information content (AvgIpc) is 3.31. The molecule has 0 atom stereocenters. The van der Waals surface area contributed by atoms with Crippen LogP contribution in [0.5, 0.6) is 0 Å². The van der Waals surface area contributed by atoms with E-state index in [9.17, 15) is 9.18 Å². The molecule has 120 valence electrons. The quantitative estimate of drug-likeness (QED) is 0.841. The van der Waals surface area contributed by atoms with Gasteiger partial charge in [0.2, 0.25) is 0 Å². The number of rotatable bonds is 4. The van der Waals surface area contributed by atoms with E-state index in [1.54, 1.807) is 0 Å². The highest BCUT2D eigenvalue weighted by molar-refractivity contribution is 6.31. The number of hydrogen-bond acceptors (Lipinski definition) is 1. The molecule has 2 aromatic rings. The highest BCUT2D eigenvalue weighted by Gasteiger charge is 2.44. The highest BCUT2D eigenvalue weighted by Crippen LogP contribution is 2.47. The zero-order chi connectivity index (χ0) is 16.4. The monoisotopic (exact) mass is 332 g/mol. The minimum absolute atomic E-state index is 0.0129. The van der Waals surface area contributed by atoms with Gasteiger partial charge in [-0.05, 0) is 43.5 Å². The highest BCUT2D eigenvalue weighted by atomic mass is 35.5. The molecule has 1 fully saturated rings. The Hall–Kier alpha value is -2.07. The molecule has 0 radical (unpaired) electrons. The van der Waals surface area contributed by atoms with Crippen LogP contribution in [0, 0.1) is 12.7 Å². The number of carbonyl (C=O) groups excluding carboxylic acids is 1. The summed E-state index contributed by atoms with van der Waals surface area (Å²) in [6, 6.07) is 12.2. The van der Waals surface area contributed by atoms with E-state index in [4.69, 9.17) is 11.6 Å². The van der Waals surface area contributed by atoms with Gasteiger partial charge in [0.25, 0.3) is 0 Å². The van der Waals surface area contributed by atoms with Gasteiger partial charge in [-0.1, -0.05) is 41.4 Å². The third-order valence-corrected chi connectivity index (χ3v) is 4.57. The molecule has 1 aliphatic rings. The van der Waals surface area contributed by atoms with Crippen LogP contribution in [0.2, 0.25) is 5.02 Å². The van der Waals surface area contributed by atoms with E-state index in [0.29, 0.717) is 12.2 Å². The predicted octanol–water partition coefficient (Wildman–Crippen LogP) is 4.64. The molecule has 0 saturated heterocycles. The molecule has 5 heteroatoms. The lowest BCUT2D eigenvalue weighted by molar-refractivity contribution is 0.251. The molecule has 0 heterocycles. The molecule has 0 unspecified atom stereocenters. The Labute approximate surface area is 139 Å².